The van der Waals surface area contributed by atoms with Gasteiger partial charge in [-0.1, -0.05) is 15.9 Å². The molecule has 4 aliphatic rings. The Bertz CT molecular complexity index is 1990. The third-order valence-electron chi connectivity index (χ3n) is 9.39. The van der Waals surface area contributed by atoms with E-state index in [2.05, 4.69) is 36.3 Å². The molecule has 0 saturated carbocycles. The van der Waals surface area contributed by atoms with Crippen LogP contribution in [-0.4, -0.2) is 143 Å². The number of methoxy groups -OCH3 is 2. The number of nitrogens with zero attached hydrogens (tertiary/aromatic N) is 7. The number of anilines is 4. The molecule has 2 atom stereocenters. The van der Waals surface area contributed by atoms with Crippen molar-refractivity contribution in [2.75, 3.05) is 98.2 Å². The number of ether oxygens (including phenoxy) is 6. The Morgan fingerprint density at radius 1 is 0.794 bits per heavy atom. The van der Waals surface area contributed by atoms with E-state index in [1.54, 1.807) is 59.3 Å². The number of carbonyl (C=O) groups excluding carboxylic acids is 4. The van der Waals surface area contributed by atoms with E-state index in [0.29, 0.717) is 116 Å². The summed E-state index contributed by atoms with van der Waals surface area (Å²) in [5, 5.41) is 10.9. The van der Waals surface area contributed by atoms with Gasteiger partial charge in [-0.3, -0.25) is 24.4 Å². The Morgan fingerprint density at radius 3 is 1.70 bits per heavy atom. The minimum atomic E-state index is -0.519. The summed E-state index contributed by atoms with van der Waals surface area (Å²) in [5.41, 5.74) is 4.45. The molecule has 63 heavy (non-hydrogen) atoms. The molecular weight excluding hydrogens is 935 g/mol. The van der Waals surface area contributed by atoms with Crippen molar-refractivity contribution in [2.45, 2.75) is 51.7 Å². The summed E-state index contributed by atoms with van der Waals surface area (Å²) in [4.78, 5) is 52.2. The molecule has 18 nitrogen and oxygen atoms in total. The molecule has 0 radical (unpaired) electrons. The predicted molar refractivity (Wildman–Crippen MR) is 244 cm³/mol. The lowest BCUT2D eigenvalue weighted by atomic mass is 10.2. The van der Waals surface area contributed by atoms with Gasteiger partial charge in [0.25, 0.3) is 0 Å². The molecule has 1 N–H and O–H groups in total. The van der Waals surface area contributed by atoms with Crippen LogP contribution in [0, 0.1) is 11.6 Å². The number of rotatable bonds is 15. The molecule has 2 saturated heterocycles. The average molecular weight is 986 g/mol. The van der Waals surface area contributed by atoms with E-state index in [1.165, 1.54) is 42.5 Å². The number of hydrazone groups is 2. The molecule has 0 aromatic heterocycles. The number of carbonyl (C=O) groups is 4. The van der Waals surface area contributed by atoms with E-state index in [4.69, 9.17) is 48.1 Å². The second-order valence-corrected chi connectivity index (χ2v) is 15.1. The highest BCUT2D eigenvalue weighted by Crippen LogP contribution is 2.30. The first-order valence-corrected chi connectivity index (χ1v) is 21.9. The highest BCUT2D eigenvalue weighted by molar-refractivity contribution is 9.09. The van der Waals surface area contributed by atoms with Gasteiger partial charge in [-0.05, 0) is 87.5 Å². The fraction of sp³-hybridized carbons (Fsp3) is 0.500. The van der Waals surface area contributed by atoms with Crippen LogP contribution in [0.4, 0.5) is 41.1 Å². The highest BCUT2D eigenvalue weighted by Gasteiger charge is 2.34. The number of hydrogen-bond donors (Lipinski definition) is 1. The summed E-state index contributed by atoms with van der Waals surface area (Å²) in [6, 6.07) is 9.26. The lowest BCUT2D eigenvalue weighted by Gasteiger charge is -2.29. The zero-order valence-electron chi connectivity index (χ0n) is 35.3. The lowest BCUT2D eigenvalue weighted by Crippen LogP contribution is -2.40. The fourth-order valence-corrected chi connectivity index (χ4v) is 6.64. The zero-order chi connectivity index (χ0) is 45.9. The Morgan fingerprint density at radius 2 is 1.30 bits per heavy atom. The van der Waals surface area contributed by atoms with Gasteiger partial charge in [0.15, 0.2) is 10.1 Å². The Balaban J connectivity index is 0.000000244. The number of esters is 2. The average Bonchev–Trinajstić information content (AvgIpc) is 3.86. The molecule has 344 valence electrons. The van der Waals surface area contributed by atoms with Crippen molar-refractivity contribution >= 4 is 110 Å². The molecule has 23 heteroatoms. The third kappa shape index (κ3) is 15.4. The predicted octanol–water partition coefficient (Wildman–Crippen LogP) is 5.74. The zero-order valence-corrected chi connectivity index (χ0v) is 38.6. The van der Waals surface area contributed by atoms with E-state index in [9.17, 15) is 28.0 Å². The van der Waals surface area contributed by atoms with Gasteiger partial charge in [-0.25, -0.2) is 18.4 Å². The number of nitrogens with one attached hydrogen (secondary N) is 1. The SMILES string of the molecule is CCOC(=O)CBr.CCOC(=O)CN1CCN(c2ccc(N3C[C@H](CCC(=S)OC)OC3=O)cc2F)C=N1.COC(=S)CC[C@H]1CN(c2ccc(N3C=NNCC3)c(F)c2)C(=O)O1. The van der Waals surface area contributed by atoms with Gasteiger partial charge in [-0.15, -0.1) is 0 Å². The topological polar surface area (TPSA) is 177 Å². The maximum Gasteiger partial charge on any atom is 0.414 e. The van der Waals surface area contributed by atoms with Crippen LogP contribution in [0.2, 0.25) is 0 Å². The molecule has 2 aromatic rings. The minimum Gasteiger partial charge on any atom is -0.490 e. The summed E-state index contributed by atoms with van der Waals surface area (Å²) in [5.74, 6) is -1.46. The van der Waals surface area contributed by atoms with Crippen LogP contribution in [0.25, 0.3) is 0 Å². The van der Waals surface area contributed by atoms with Crippen molar-refractivity contribution in [1.82, 2.24) is 10.4 Å². The molecule has 4 aliphatic heterocycles. The summed E-state index contributed by atoms with van der Waals surface area (Å²) in [7, 11) is 3.02. The van der Waals surface area contributed by atoms with Gasteiger partial charge >= 0.3 is 24.1 Å². The molecule has 0 spiro atoms. The van der Waals surface area contributed by atoms with E-state index in [1.807, 2.05) is 0 Å². The first-order chi connectivity index (χ1) is 30.3. The van der Waals surface area contributed by atoms with Gasteiger partial charge < -0.3 is 43.6 Å². The van der Waals surface area contributed by atoms with Crippen molar-refractivity contribution in [1.29, 1.82) is 0 Å². The van der Waals surface area contributed by atoms with E-state index in [-0.39, 0.29) is 30.7 Å². The molecule has 2 fully saturated rings. The molecule has 4 heterocycles. The first-order valence-electron chi connectivity index (χ1n) is 19.9. The molecule has 2 aromatic carbocycles. The van der Waals surface area contributed by atoms with Crippen molar-refractivity contribution in [3.63, 3.8) is 0 Å². The molecule has 2 amide bonds. The smallest absolute Gasteiger partial charge is 0.414 e. The number of alkyl halides is 1. The quantitative estimate of drug-likeness (QED) is 0.0990. The van der Waals surface area contributed by atoms with Gasteiger partial charge in [0, 0.05) is 25.9 Å². The Hall–Kier alpha value is -5.42. The van der Waals surface area contributed by atoms with E-state index < -0.39 is 23.8 Å². The van der Waals surface area contributed by atoms with Crippen molar-refractivity contribution in [3.8, 4) is 0 Å². The van der Waals surface area contributed by atoms with Gasteiger partial charge in [0.2, 0.25) is 0 Å². The summed E-state index contributed by atoms with van der Waals surface area (Å²) in [6.07, 6.45) is 3.56. The van der Waals surface area contributed by atoms with Crippen LogP contribution in [0.15, 0.2) is 46.6 Å². The normalized spacial score (nSPS) is 17.7. The standard InChI is InChI=1S/C20H25FN4O5S.C16H19FN4O3S.C4H7BrO2/c1-3-29-18(26)12-24-9-8-23(13-22-24)17-6-4-14(10-16(17)21)25-11-15(30-20(25)27)5-7-19(31)28-2;1-23-15(25)5-3-12-9-21(16(22)24-12)11-2-4-14(13(17)8-11)20-7-6-18-19-10-20;1-2-7-4(6)3-5/h4,6,10,13,15H,3,5,7-9,11-12H2,1-2H3;2,4,8,10,12,18H,3,5-7,9H2,1H3;2-3H2,1H3/t15-;12-;/m00./s1. The second-order valence-electron chi connectivity index (χ2n) is 13.6. The molecule has 6 rings (SSSR count). The van der Waals surface area contributed by atoms with Crippen LogP contribution in [0.1, 0.15) is 39.5 Å². The second kappa shape index (κ2) is 25.6. The fourth-order valence-electron chi connectivity index (χ4n) is 6.24. The number of hydrogen-bond acceptors (Lipinski definition) is 18. The Labute approximate surface area is 383 Å². The van der Waals surface area contributed by atoms with E-state index >= 15 is 0 Å². The lowest BCUT2D eigenvalue weighted by molar-refractivity contribution is -0.144. The largest absolute Gasteiger partial charge is 0.490 e. The Kier molecular flexibility index (Phi) is 20.4. The highest BCUT2D eigenvalue weighted by atomic mass is 79.9. The number of halogens is 3. The van der Waals surface area contributed by atoms with Crippen molar-refractivity contribution < 1.29 is 56.4 Å². The van der Waals surface area contributed by atoms with Crippen LogP contribution in [0.5, 0.6) is 0 Å². The van der Waals surface area contributed by atoms with E-state index in [0.717, 1.165) is 0 Å². The van der Waals surface area contributed by atoms with Crippen LogP contribution >= 0.6 is 40.4 Å². The van der Waals surface area contributed by atoms with Crippen molar-refractivity contribution in [2.24, 2.45) is 10.2 Å². The molecule has 0 aliphatic carbocycles. The summed E-state index contributed by atoms with van der Waals surface area (Å²) in [6.45, 7) is 7.17. The maximum absolute atomic E-state index is 14.8. The molecule has 0 bridgehead atoms. The molecule has 0 unspecified atom stereocenters. The number of cyclic esters (lactones) is 2. The van der Waals surface area contributed by atoms with Gasteiger partial charge in [0.05, 0.1) is 76.4 Å². The third-order valence-corrected chi connectivity index (χ3v) is 10.6. The molecular formula is C40H51BrF2N8O10S2. The van der Waals surface area contributed by atoms with Crippen molar-refractivity contribution in [3.05, 3.63) is 48.0 Å². The number of amides is 2. The monoisotopic (exact) mass is 984 g/mol. The first kappa shape index (κ1) is 50.2. The van der Waals surface area contributed by atoms with Crippen LogP contribution < -0.4 is 25.0 Å². The van der Waals surface area contributed by atoms with Gasteiger partial charge in [-0.2, -0.15) is 10.2 Å². The minimum absolute atomic E-state index is 0.0486. The van der Waals surface area contributed by atoms with Crippen LogP contribution in [-0.2, 0) is 38.0 Å². The summed E-state index contributed by atoms with van der Waals surface area (Å²) < 4.78 is 59.3. The summed E-state index contributed by atoms with van der Waals surface area (Å²) >= 11 is 12.9. The van der Waals surface area contributed by atoms with Gasteiger partial charge in [0.1, 0.15) is 48.4 Å². The van der Waals surface area contributed by atoms with Crippen LogP contribution in [0.3, 0.4) is 0 Å². The number of benzene rings is 2. The number of thiocarbonyl (C=S) groups is 2. The maximum atomic E-state index is 14.8.